The van der Waals surface area contributed by atoms with Gasteiger partial charge in [-0.05, 0) is 13.0 Å². The lowest BCUT2D eigenvalue weighted by atomic mass is 10.1. The zero-order valence-corrected chi connectivity index (χ0v) is 12.3. The number of amides is 1. The SMILES string of the molecule is CC(O)CN1CCN(C(=O)C(C)Cn2cccn2)CC1. The van der Waals surface area contributed by atoms with Crippen molar-refractivity contribution in [3.05, 3.63) is 18.5 Å². The maximum Gasteiger partial charge on any atom is 0.227 e. The molecule has 1 aliphatic rings. The van der Waals surface area contributed by atoms with E-state index in [2.05, 4.69) is 10.00 Å². The molecule has 0 bridgehead atoms. The molecule has 6 heteroatoms. The number of rotatable bonds is 5. The van der Waals surface area contributed by atoms with Gasteiger partial charge in [-0.15, -0.1) is 0 Å². The van der Waals surface area contributed by atoms with Crippen LogP contribution in [0.3, 0.4) is 0 Å². The normalized spacial score (nSPS) is 19.9. The third kappa shape index (κ3) is 4.05. The number of piperazine rings is 1. The Hall–Kier alpha value is -1.40. The highest BCUT2D eigenvalue weighted by Gasteiger charge is 2.25. The predicted molar refractivity (Wildman–Crippen MR) is 76.1 cm³/mol. The summed E-state index contributed by atoms with van der Waals surface area (Å²) >= 11 is 0. The molecule has 2 heterocycles. The van der Waals surface area contributed by atoms with Gasteiger partial charge in [-0.1, -0.05) is 6.92 Å². The average Bonchev–Trinajstić information content (AvgIpc) is 2.91. The van der Waals surface area contributed by atoms with Gasteiger partial charge in [0.05, 0.1) is 18.6 Å². The Morgan fingerprint density at radius 3 is 2.50 bits per heavy atom. The molecular formula is C14H24N4O2. The monoisotopic (exact) mass is 280 g/mol. The van der Waals surface area contributed by atoms with E-state index in [-0.39, 0.29) is 17.9 Å². The van der Waals surface area contributed by atoms with Crippen molar-refractivity contribution in [2.45, 2.75) is 26.5 Å². The van der Waals surface area contributed by atoms with Crippen molar-refractivity contribution in [1.29, 1.82) is 0 Å². The summed E-state index contributed by atoms with van der Waals surface area (Å²) in [5.74, 6) is 0.135. The summed E-state index contributed by atoms with van der Waals surface area (Å²) in [6.07, 6.45) is 3.30. The summed E-state index contributed by atoms with van der Waals surface area (Å²) in [6, 6.07) is 1.87. The van der Waals surface area contributed by atoms with Crippen molar-refractivity contribution in [1.82, 2.24) is 19.6 Å². The molecule has 20 heavy (non-hydrogen) atoms. The minimum absolute atomic E-state index is 0.0572. The lowest BCUT2D eigenvalue weighted by Gasteiger charge is -2.36. The summed E-state index contributed by atoms with van der Waals surface area (Å²) in [6.45, 7) is 8.22. The third-order valence-electron chi connectivity index (χ3n) is 3.65. The molecule has 1 aromatic rings. The fourth-order valence-electron chi connectivity index (χ4n) is 2.60. The van der Waals surface area contributed by atoms with Gasteiger partial charge in [0.15, 0.2) is 0 Å². The molecule has 6 nitrogen and oxygen atoms in total. The number of nitrogens with zero attached hydrogens (tertiary/aromatic N) is 4. The van der Waals surface area contributed by atoms with Gasteiger partial charge >= 0.3 is 0 Å². The summed E-state index contributed by atoms with van der Waals surface area (Å²) in [5.41, 5.74) is 0. The second kappa shape index (κ2) is 6.85. The quantitative estimate of drug-likeness (QED) is 0.827. The Morgan fingerprint density at radius 2 is 1.95 bits per heavy atom. The molecule has 2 rings (SSSR count). The lowest BCUT2D eigenvalue weighted by Crippen LogP contribution is -2.51. The van der Waals surface area contributed by atoms with Crippen molar-refractivity contribution < 1.29 is 9.90 Å². The minimum atomic E-state index is -0.309. The highest BCUT2D eigenvalue weighted by atomic mass is 16.3. The van der Waals surface area contributed by atoms with Crippen molar-refractivity contribution in [2.75, 3.05) is 32.7 Å². The summed E-state index contributed by atoms with van der Waals surface area (Å²) in [4.78, 5) is 16.5. The highest BCUT2D eigenvalue weighted by molar-refractivity contribution is 5.78. The molecule has 2 unspecified atom stereocenters. The predicted octanol–water partition coefficient (Wildman–Crippen LogP) is 0.0442. The number of hydrogen-bond donors (Lipinski definition) is 1. The smallest absolute Gasteiger partial charge is 0.227 e. The van der Waals surface area contributed by atoms with Crippen LogP contribution in [0.4, 0.5) is 0 Å². The Bertz CT molecular complexity index is 411. The highest BCUT2D eigenvalue weighted by Crippen LogP contribution is 2.09. The van der Waals surface area contributed by atoms with E-state index in [4.69, 9.17) is 0 Å². The van der Waals surface area contributed by atoms with E-state index in [1.807, 2.05) is 24.1 Å². The Labute approximate surface area is 120 Å². The van der Waals surface area contributed by atoms with Crippen molar-refractivity contribution in [2.24, 2.45) is 5.92 Å². The molecule has 1 amide bonds. The van der Waals surface area contributed by atoms with E-state index in [9.17, 15) is 9.90 Å². The van der Waals surface area contributed by atoms with Gasteiger partial charge in [0.2, 0.25) is 5.91 Å². The molecule has 112 valence electrons. The van der Waals surface area contributed by atoms with Gasteiger partial charge in [0, 0.05) is 45.1 Å². The number of aliphatic hydroxyl groups is 1. The van der Waals surface area contributed by atoms with Crippen molar-refractivity contribution in [3.63, 3.8) is 0 Å². The van der Waals surface area contributed by atoms with E-state index < -0.39 is 0 Å². The number of aromatic nitrogens is 2. The van der Waals surface area contributed by atoms with Crippen LogP contribution >= 0.6 is 0 Å². The number of β-amino-alcohol motifs (C(OH)–C–C–N with tert-alkyl or cyclic N) is 1. The maximum atomic E-state index is 12.4. The number of aliphatic hydroxyl groups excluding tert-OH is 1. The van der Waals surface area contributed by atoms with Crippen LogP contribution in [0, 0.1) is 5.92 Å². The minimum Gasteiger partial charge on any atom is -0.392 e. The molecule has 1 N–H and O–H groups in total. The molecule has 1 aromatic heterocycles. The summed E-state index contributed by atoms with van der Waals surface area (Å²) < 4.78 is 1.80. The van der Waals surface area contributed by atoms with Crippen molar-refractivity contribution in [3.8, 4) is 0 Å². The zero-order chi connectivity index (χ0) is 14.5. The Morgan fingerprint density at radius 1 is 1.25 bits per heavy atom. The van der Waals surface area contributed by atoms with E-state index in [0.29, 0.717) is 13.1 Å². The first-order chi connectivity index (χ1) is 9.56. The lowest BCUT2D eigenvalue weighted by molar-refractivity contribution is -0.137. The molecule has 1 fully saturated rings. The van der Waals surface area contributed by atoms with Crippen LogP contribution in [0.1, 0.15) is 13.8 Å². The second-order valence-corrected chi connectivity index (χ2v) is 5.60. The van der Waals surface area contributed by atoms with Crippen LogP contribution in [0.2, 0.25) is 0 Å². The molecule has 1 aliphatic heterocycles. The Kier molecular flexibility index (Phi) is 5.14. The van der Waals surface area contributed by atoms with Crippen LogP contribution in [-0.4, -0.2) is 69.4 Å². The molecule has 0 spiro atoms. The van der Waals surface area contributed by atoms with E-state index >= 15 is 0 Å². The fraction of sp³-hybridized carbons (Fsp3) is 0.714. The standard InChI is InChI=1S/C14H24N4O2/c1-12(10-18-5-3-4-15-18)14(20)17-8-6-16(7-9-17)11-13(2)19/h3-5,12-13,19H,6-11H2,1-2H3. The van der Waals surface area contributed by atoms with Crippen molar-refractivity contribution >= 4 is 5.91 Å². The topological polar surface area (TPSA) is 61.6 Å². The molecule has 0 aliphatic carbocycles. The number of hydrogen-bond acceptors (Lipinski definition) is 4. The van der Waals surface area contributed by atoms with Crippen LogP contribution in [0.25, 0.3) is 0 Å². The van der Waals surface area contributed by atoms with E-state index in [1.165, 1.54) is 0 Å². The molecular weight excluding hydrogens is 256 g/mol. The average molecular weight is 280 g/mol. The number of carbonyl (C=O) groups is 1. The molecule has 0 saturated carbocycles. The van der Waals surface area contributed by atoms with Crippen LogP contribution in [-0.2, 0) is 11.3 Å². The van der Waals surface area contributed by atoms with Gasteiger partial charge in [-0.25, -0.2) is 0 Å². The molecule has 0 aromatic carbocycles. The second-order valence-electron chi connectivity index (χ2n) is 5.60. The van der Waals surface area contributed by atoms with Gasteiger partial charge in [0.25, 0.3) is 0 Å². The Balaban J connectivity index is 1.79. The zero-order valence-electron chi connectivity index (χ0n) is 12.3. The maximum absolute atomic E-state index is 12.4. The van der Waals surface area contributed by atoms with Gasteiger partial charge < -0.3 is 10.0 Å². The summed E-state index contributed by atoms with van der Waals surface area (Å²) in [5, 5.41) is 13.5. The molecule has 2 atom stereocenters. The first-order valence-electron chi connectivity index (χ1n) is 7.23. The summed E-state index contributed by atoms with van der Waals surface area (Å²) in [7, 11) is 0. The largest absolute Gasteiger partial charge is 0.392 e. The van der Waals surface area contributed by atoms with E-state index in [0.717, 1.165) is 26.2 Å². The first kappa shape index (κ1) is 15.0. The van der Waals surface area contributed by atoms with Gasteiger partial charge in [-0.3, -0.25) is 14.4 Å². The molecule has 1 saturated heterocycles. The number of carbonyl (C=O) groups excluding carboxylic acids is 1. The van der Waals surface area contributed by atoms with Crippen LogP contribution < -0.4 is 0 Å². The third-order valence-corrected chi connectivity index (χ3v) is 3.65. The van der Waals surface area contributed by atoms with Crippen LogP contribution in [0.15, 0.2) is 18.5 Å². The first-order valence-corrected chi connectivity index (χ1v) is 7.23. The fourth-order valence-corrected chi connectivity index (χ4v) is 2.60. The molecule has 0 radical (unpaired) electrons. The van der Waals surface area contributed by atoms with Gasteiger partial charge in [-0.2, -0.15) is 5.10 Å². The van der Waals surface area contributed by atoms with E-state index in [1.54, 1.807) is 17.8 Å². The van der Waals surface area contributed by atoms with Gasteiger partial charge in [0.1, 0.15) is 0 Å². The van der Waals surface area contributed by atoms with Crippen LogP contribution in [0.5, 0.6) is 0 Å².